The van der Waals surface area contributed by atoms with Crippen molar-refractivity contribution in [2.24, 2.45) is 0 Å². The fourth-order valence-electron chi connectivity index (χ4n) is 8.69. The van der Waals surface area contributed by atoms with Crippen LogP contribution in [0.3, 0.4) is 0 Å². The predicted octanol–water partition coefficient (Wildman–Crippen LogP) is 22.7. The van der Waals surface area contributed by atoms with Crippen LogP contribution in [0.25, 0.3) is 0 Å². The second-order valence-electron chi connectivity index (χ2n) is 21.3. The number of allylic oxidation sites excluding steroid dienone is 24. The molecule has 452 valence electrons. The van der Waals surface area contributed by atoms with Gasteiger partial charge >= 0.3 is 17.9 Å². The third-order valence-corrected chi connectivity index (χ3v) is 13.6. The molecule has 0 aromatic rings. The molecule has 6 heteroatoms. The second kappa shape index (κ2) is 66.8. The number of hydrogen-bond donors (Lipinski definition) is 0. The first-order chi connectivity index (χ1) is 39.5. The van der Waals surface area contributed by atoms with Crippen LogP contribution in [0.1, 0.15) is 284 Å². The van der Waals surface area contributed by atoms with Gasteiger partial charge in [0.1, 0.15) is 13.2 Å². The van der Waals surface area contributed by atoms with E-state index in [2.05, 4.69) is 167 Å². The van der Waals surface area contributed by atoms with Crippen molar-refractivity contribution in [2.45, 2.75) is 290 Å². The minimum atomic E-state index is -0.800. The van der Waals surface area contributed by atoms with E-state index < -0.39 is 6.10 Å². The van der Waals surface area contributed by atoms with Crippen molar-refractivity contribution >= 4 is 17.9 Å². The van der Waals surface area contributed by atoms with E-state index in [0.717, 1.165) is 161 Å². The van der Waals surface area contributed by atoms with Crippen molar-refractivity contribution < 1.29 is 28.6 Å². The Bertz CT molecular complexity index is 1750. The smallest absolute Gasteiger partial charge is 0.306 e. The molecular weight excluding hydrogens is 985 g/mol. The number of esters is 3. The Balaban J connectivity index is 4.40. The standard InChI is InChI=1S/C74H120O6/c1-4-7-10-13-16-19-22-25-28-30-32-34-35-36-37-38-39-41-42-44-46-49-52-55-58-61-64-67-73(76)79-70-71(69-78-72(75)66-63-60-57-54-51-48-27-24-21-18-15-12-9-6-3)80-74(77)68-65-62-59-56-53-50-47-45-43-40-33-31-29-26-23-20-17-14-11-8-5-2/h7-8,10-11,15-20,24-29,32-34,36-37,39-41,71H,4-6,9,12-14,21-23,30-31,35,38,42-70H2,1-3H3/b10-7-,11-8-,18-15-,19-16-,20-17-,27-24-,28-25-,29-26-,34-32-,37-36-,40-33-,41-39-. The first kappa shape index (κ1) is 75.3. The molecule has 0 aliphatic carbocycles. The maximum Gasteiger partial charge on any atom is 0.306 e. The monoisotopic (exact) mass is 1100 g/mol. The molecule has 0 saturated heterocycles. The van der Waals surface area contributed by atoms with Crippen LogP contribution in [0.15, 0.2) is 146 Å². The van der Waals surface area contributed by atoms with Crippen LogP contribution in [-0.2, 0) is 28.6 Å². The SMILES string of the molecule is CC/C=C\C/C=C\C/C=C\C/C=C\C/C=C\C/C=C\CCCCCCCCCCC(=O)OCC(COC(=O)CCCCCCC/C=C\C/C=C\CCCC)OC(=O)CCCCCCCCCC/C=C\C/C=C\C/C=C\C/C=C\CC. The fraction of sp³-hybridized carbons (Fsp3) is 0.635. The average Bonchev–Trinajstić information content (AvgIpc) is 3.46. The van der Waals surface area contributed by atoms with Crippen LogP contribution in [0.2, 0.25) is 0 Å². The molecule has 6 nitrogen and oxygen atoms in total. The number of rotatable bonds is 58. The van der Waals surface area contributed by atoms with Crippen LogP contribution >= 0.6 is 0 Å². The highest BCUT2D eigenvalue weighted by Gasteiger charge is 2.19. The first-order valence-electron chi connectivity index (χ1n) is 32.8. The molecule has 0 spiro atoms. The van der Waals surface area contributed by atoms with Gasteiger partial charge < -0.3 is 14.2 Å². The molecule has 1 unspecified atom stereocenters. The number of ether oxygens (including phenoxy) is 3. The molecule has 0 aliphatic rings. The summed E-state index contributed by atoms with van der Waals surface area (Å²) in [5, 5.41) is 0. The quantitative estimate of drug-likeness (QED) is 0.0261. The Morgan fingerprint density at radius 2 is 0.487 bits per heavy atom. The van der Waals surface area contributed by atoms with Gasteiger partial charge in [0, 0.05) is 19.3 Å². The Morgan fingerprint density at radius 1 is 0.263 bits per heavy atom. The molecule has 0 radical (unpaired) electrons. The molecular formula is C74H120O6. The van der Waals surface area contributed by atoms with Gasteiger partial charge in [-0.15, -0.1) is 0 Å². The molecule has 0 heterocycles. The van der Waals surface area contributed by atoms with Crippen LogP contribution < -0.4 is 0 Å². The lowest BCUT2D eigenvalue weighted by Gasteiger charge is -2.18. The maximum absolute atomic E-state index is 12.9. The van der Waals surface area contributed by atoms with E-state index in [9.17, 15) is 14.4 Å². The third kappa shape index (κ3) is 64.1. The summed E-state index contributed by atoms with van der Waals surface area (Å²) >= 11 is 0. The zero-order valence-corrected chi connectivity index (χ0v) is 51.8. The minimum absolute atomic E-state index is 0.0949. The maximum atomic E-state index is 12.9. The summed E-state index contributed by atoms with van der Waals surface area (Å²) in [4.78, 5) is 38.4. The molecule has 0 N–H and O–H groups in total. The number of carbonyl (C=O) groups excluding carboxylic acids is 3. The van der Waals surface area contributed by atoms with Gasteiger partial charge in [-0.05, 0) is 135 Å². The highest BCUT2D eigenvalue weighted by atomic mass is 16.6. The van der Waals surface area contributed by atoms with Gasteiger partial charge in [0.05, 0.1) is 0 Å². The molecule has 0 aromatic heterocycles. The summed E-state index contributed by atoms with van der Waals surface area (Å²) in [6.07, 6.45) is 95.6. The third-order valence-electron chi connectivity index (χ3n) is 13.6. The van der Waals surface area contributed by atoms with Gasteiger partial charge in [0.25, 0.3) is 0 Å². The van der Waals surface area contributed by atoms with Crippen LogP contribution in [0.4, 0.5) is 0 Å². The van der Waals surface area contributed by atoms with Gasteiger partial charge in [-0.1, -0.05) is 276 Å². The molecule has 0 amide bonds. The van der Waals surface area contributed by atoms with Crippen molar-refractivity contribution in [3.63, 3.8) is 0 Å². The van der Waals surface area contributed by atoms with Crippen LogP contribution in [0.5, 0.6) is 0 Å². The largest absolute Gasteiger partial charge is 0.462 e. The summed E-state index contributed by atoms with van der Waals surface area (Å²) in [5.74, 6) is -0.923. The lowest BCUT2D eigenvalue weighted by atomic mass is 10.1. The Labute approximate surface area is 493 Å². The lowest BCUT2D eigenvalue weighted by Crippen LogP contribution is -2.30. The summed E-state index contributed by atoms with van der Waals surface area (Å²) in [5.41, 5.74) is 0. The Kier molecular flexibility index (Phi) is 62.9. The van der Waals surface area contributed by atoms with E-state index in [1.165, 1.54) is 83.5 Å². The van der Waals surface area contributed by atoms with Gasteiger partial charge in [0.15, 0.2) is 6.10 Å². The number of hydrogen-bond acceptors (Lipinski definition) is 6. The highest BCUT2D eigenvalue weighted by Crippen LogP contribution is 2.15. The van der Waals surface area contributed by atoms with Gasteiger partial charge in [-0.2, -0.15) is 0 Å². The van der Waals surface area contributed by atoms with Gasteiger partial charge in [-0.3, -0.25) is 14.4 Å². The minimum Gasteiger partial charge on any atom is -0.462 e. The van der Waals surface area contributed by atoms with E-state index in [-0.39, 0.29) is 31.1 Å². The molecule has 80 heavy (non-hydrogen) atoms. The normalized spacial score (nSPS) is 13.1. The lowest BCUT2D eigenvalue weighted by molar-refractivity contribution is -0.167. The molecule has 0 rings (SSSR count). The number of carbonyl (C=O) groups is 3. The van der Waals surface area contributed by atoms with E-state index >= 15 is 0 Å². The van der Waals surface area contributed by atoms with E-state index in [1.54, 1.807) is 0 Å². The average molecular weight is 1110 g/mol. The van der Waals surface area contributed by atoms with Gasteiger partial charge in [0.2, 0.25) is 0 Å². The molecule has 0 fully saturated rings. The van der Waals surface area contributed by atoms with Crippen molar-refractivity contribution in [3.8, 4) is 0 Å². The molecule has 0 aromatic carbocycles. The summed E-state index contributed by atoms with van der Waals surface area (Å²) in [6, 6.07) is 0. The number of unbranched alkanes of at least 4 members (excludes halogenated alkanes) is 23. The second-order valence-corrected chi connectivity index (χ2v) is 21.3. The predicted molar refractivity (Wildman–Crippen MR) is 348 cm³/mol. The highest BCUT2D eigenvalue weighted by molar-refractivity contribution is 5.71. The summed E-state index contributed by atoms with van der Waals surface area (Å²) in [6.45, 7) is 6.36. The summed E-state index contributed by atoms with van der Waals surface area (Å²) < 4.78 is 16.9. The topological polar surface area (TPSA) is 78.9 Å². The fourth-order valence-corrected chi connectivity index (χ4v) is 8.69. The Hall–Kier alpha value is -4.71. The zero-order chi connectivity index (χ0) is 57.8. The molecule has 0 aliphatic heterocycles. The zero-order valence-electron chi connectivity index (χ0n) is 51.8. The van der Waals surface area contributed by atoms with E-state index in [4.69, 9.17) is 14.2 Å². The van der Waals surface area contributed by atoms with E-state index in [1.807, 2.05) is 0 Å². The van der Waals surface area contributed by atoms with Crippen molar-refractivity contribution in [3.05, 3.63) is 146 Å². The first-order valence-corrected chi connectivity index (χ1v) is 32.8. The molecule has 0 saturated carbocycles. The van der Waals surface area contributed by atoms with E-state index in [0.29, 0.717) is 19.3 Å². The van der Waals surface area contributed by atoms with Gasteiger partial charge in [-0.25, -0.2) is 0 Å². The molecule has 1 atom stereocenters. The van der Waals surface area contributed by atoms with Crippen LogP contribution in [-0.4, -0.2) is 37.2 Å². The van der Waals surface area contributed by atoms with Crippen molar-refractivity contribution in [2.75, 3.05) is 13.2 Å². The van der Waals surface area contributed by atoms with Crippen molar-refractivity contribution in [1.82, 2.24) is 0 Å². The Morgan fingerprint density at radius 3 is 0.762 bits per heavy atom. The van der Waals surface area contributed by atoms with Crippen LogP contribution in [0, 0.1) is 0 Å². The van der Waals surface area contributed by atoms with Crippen molar-refractivity contribution in [1.29, 1.82) is 0 Å². The molecule has 0 bridgehead atoms. The summed E-state index contributed by atoms with van der Waals surface area (Å²) in [7, 11) is 0.